The molecule has 0 aliphatic heterocycles. The molecule has 0 fully saturated rings. The van der Waals surface area contributed by atoms with Crippen LogP contribution < -0.4 is 16.8 Å². The summed E-state index contributed by atoms with van der Waals surface area (Å²) in [6.07, 6.45) is -0.614. The van der Waals surface area contributed by atoms with Crippen LogP contribution in [0.3, 0.4) is 0 Å². The predicted octanol–water partition coefficient (Wildman–Crippen LogP) is -0.0665. The molecule has 0 bridgehead atoms. The minimum atomic E-state index is -1.39. The van der Waals surface area contributed by atoms with Gasteiger partial charge in [-0.1, -0.05) is 44.2 Å². The fraction of sp³-hybridized carbons (Fsp3) is 0.500. The van der Waals surface area contributed by atoms with Crippen molar-refractivity contribution in [2.24, 2.45) is 17.4 Å². The van der Waals surface area contributed by atoms with Gasteiger partial charge in [-0.15, -0.1) is 0 Å². The Morgan fingerprint density at radius 1 is 1.23 bits per heavy atom. The van der Waals surface area contributed by atoms with Crippen molar-refractivity contribution < 1.29 is 14.7 Å². The van der Waals surface area contributed by atoms with Crippen LogP contribution in [0, 0.1) is 5.92 Å². The van der Waals surface area contributed by atoms with Gasteiger partial charge >= 0.3 is 0 Å². The number of nitrogens with one attached hydrogen (secondary N) is 1. The number of aliphatic hydroxyl groups excluding tert-OH is 1. The Kier molecular flexibility index (Phi) is 7.01. The van der Waals surface area contributed by atoms with E-state index in [1.54, 1.807) is 0 Å². The van der Waals surface area contributed by atoms with Crippen molar-refractivity contribution in [3.8, 4) is 0 Å². The molecule has 22 heavy (non-hydrogen) atoms. The van der Waals surface area contributed by atoms with E-state index < -0.39 is 30.0 Å². The first-order valence-electron chi connectivity index (χ1n) is 7.38. The highest BCUT2D eigenvalue weighted by molar-refractivity contribution is 5.88. The Labute approximate surface area is 130 Å². The summed E-state index contributed by atoms with van der Waals surface area (Å²) < 4.78 is 0. The molecule has 3 atom stereocenters. The topological polar surface area (TPSA) is 118 Å². The second kappa shape index (κ2) is 8.51. The number of hydrogen-bond donors (Lipinski definition) is 4. The number of primary amides is 1. The number of carbonyl (C=O) groups is 2. The minimum Gasteiger partial charge on any atom is -0.382 e. The zero-order chi connectivity index (χ0) is 16.7. The van der Waals surface area contributed by atoms with E-state index in [1.165, 1.54) is 0 Å². The van der Waals surface area contributed by atoms with Gasteiger partial charge in [0.25, 0.3) is 5.91 Å². The number of benzene rings is 1. The highest BCUT2D eigenvalue weighted by Gasteiger charge is 2.27. The van der Waals surface area contributed by atoms with E-state index in [1.807, 2.05) is 44.2 Å². The van der Waals surface area contributed by atoms with E-state index in [9.17, 15) is 14.7 Å². The fourth-order valence-electron chi connectivity index (χ4n) is 2.17. The molecule has 0 saturated heterocycles. The third-order valence-electron chi connectivity index (χ3n) is 3.36. The van der Waals surface area contributed by atoms with Crippen molar-refractivity contribution in [2.75, 3.05) is 0 Å². The summed E-state index contributed by atoms with van der Waals surface area (Å²) in [4.78, 5) is 23.4. The van der Waals surface area contributed by atoms with E-state index in [4.69, 9.17) is 11.5 Å². The van der Waals surface area contributed by atoms with Crippen molar-refractivity contribution in [1.82, 2.24) is 5.32 Å². The summed E-state index contributed by atoms with van der Waals surface area (Å²) in [6.45, 7) is 3.83. The molecule has 6 N–H and O–H groups in total. The highest BCUT2D eigenvalue weighted by atomic mass is 16.3. The summed E-state index contributed by atoms with van der Waals surface area (Å²) in [5.41, 5.74) is 12.1. The smallest absolute Gasteiger partial charge is 0.251 e. The van der Waals surface area contributed by atoms with Crippen molar-refractivity contribution in [3.05, 3.63) is 35.9 Å². The third kappa shape index (κ3) is 5.83. The Hall–Kier alpha value is -1.92. The van der Waals surface area contributed by atoms with Crippen LogP contribution in [-0.4, -0.2) is 35.1 Å². The molecular weight excluding hydrogens is 282 g/mol. The molecular formula is C16H25N3O3. The fourth-order valence-corrected chi connectivity index (χ4v) is 2.17. The first-order chi connectivity index (χ1) is 10.3. The average Bonchev–Trinajstić information content (AvgIpc) is 2.46. The molecule has 2 amide bonds. The molecule has 0 aliphatic rings. The molecule has 1 aromatic rings. The zero-order valence-electron chi connectivity index (χ0n) is 13.0. The molecule has 0 heterocycles. The van der Waals surface area contributed by atoms with Crippen LogP contribution in [0.25, 0.3) is 0 Å². The molecule has 122 valence electrons. The Morgan fingerprint density at radius 3 is 2.32 bits per heavy atom. The number of amides is 2. The van der Waals surface area contributed by atoms with Crippen LogP contribution in [0.2, 0.25) is 0 Å². The minimum absolute atomic E-state index is 0.188. The molecule has 1 rings (SSSR count). The summed E-state index contributed by atoms with van der Waals surface area (Å²) in [6, 6.07) is 7.79. The van der Waals surface area contributed by atoms with E-state index >= 15 is 0 Å². The quantitative estimate of drug-likeness (QED) is 0.537. The molecule has 0 aliphatic carbocycles. The number of aliphatic hydroxyl groups is 1. The van der Waals surface area contributed by atoms with Gasteiger partial charge in [-0.05, 0) is 24.3 Å². The first-order valence-corrected chi connectivity index (χ1v) is 7.38. The van der Waals surface area contributed by atoms with Crippen molar-refractivity contribution in [2.45, 2.75) is 44.9 Å². The Balaban J connectivity index is 2.61. The predicted molar refractivity (Wildman–Crippen MR) is 84.7 cm³/mol. The second-order valence-electron chi connectivity index (χ2n) is 5.89. The average molecular weight is 307 g/mol. The van der Waals surface area contributed by atoms with Crippen molar-refractivity contribution in [3.63, 3.8) is 0 Å². The van der Waals surface area contributed by atoms with Gasteiger partial charge in [0.05, 0.1) is 0 Å². The number of hydrogen-bond acceptors (Lipinski definition) is 4. The van der Waals surface area contributed by atoms with Gasteiger partial charge in [-0.2, -0.15) is 0 Å². The van der Waals surface area contributed by atoms with Gasteiger partial charge in [0.2, 0.25) is 5.91 Å². The highest BCUT2D eigenvalue weighted by Crippen LogP contribution is 2.07. The van der Waals surface area contributed by atoms with Gasteiger partial charge in [0.15, 0.2) is 0 Å². The third-order valence-corrected chi connectivity index (χ3v) is 3.36. The lowest BCUT2D eigenvalue weighted by Gasteiger charge is -2.22. The van der Waals surface area contributed by atoms with Gasteiger partial charge < -0.3 is 21.9 Å². The van der Waals surface area contributed by atoms with Crippen LogP contribution in [0.4, 0.5) is 0 Å². The molecule has 0 saturated carbocycles. The lowest BCUT2D eigenvalue weighted by atomic mass is 10.00. The standard InChI is InChI=1S/C16H25N3O3/c1-10(2)8-13(15(18)21)19-16(22)14(20)12(17)9-11-6-4-3-5-7-11/h3-7,10,12-14,20H,8-9,17H2,1-2H3,(H2,18,21)(H,19,22)/t12-,13+,14+/m1/s1. The zero-order valence-corrected chi connectivity index (χ0v) is 13.0. The Bertz CT molecular complexity index is 491. The molecule has 0 radical (unpaired) electrons. The Morgan fingerprint density at radius 2 is 1.82 bits per heavy atom. The maximum absolute atomic E-state index is 12.0. The summed E-state index contributed by atoms with van der Waals surface area (Å²) in [5.74, 6) is -1.10. The molecule has 6 nitrogen and oxygen atoms in total. The maximum Gasteiger partial charge on any atom is 0.251 e. The number of carbonyl (C=O) groups excluding carboxylic acids is 2. The lowest BCUT2D eigenvalue weighted by Crippen LogP contribution is -2.53. The summed E-state index contributed by atoms with van der Waals surface area (Å²) in [5, 5.41) is 12.5. The molecule has 0 unspecified atom stereocenters. The van der Waals surface area contributed by atoms with Gasteiger partial charge in [-0.25, -0.2) is 0 Å². The van der Waals surface area contributed by atoms with Crippen LogP contribution in [0.1, 0.15) is 25.8 Å². The molecule has 0 aromatic heterocycles. The van der Waals surface area contributed by atoms with Crippen LogP contribution in [-0.2, 0) is 16.0 Å². The molecule has 1 aromatic carbocycles. The largest absolute Gasteiger partial charge is 0.382 e. The van der Waals surface area contributed by atoms with Crippen molar-refractivity contribution >= 4 is 11.8 Å². The molecule has 6 heteroatoms. The maximum atomic E-state index is 12.0. The SMILES string of the molecule is CC(C)C[C@H](NC(=O)[C@@H](O)[C@H](N)Cc1ccccc1)C(N)=O. The van der Waals surface area contributed by atoms with Gasteiger partial charge in [-0.3, -0.25) is 9.59 Å². The van der Waals surface area contributed by atoms with E-state index in [0.717, 1.165) is 5.56 Å². The number of nitrogens with two attached hydrogens (primary N) is 2. The van der Waals surface area contributed by atoms with Crippen molar-refractivity contribution in [1.29, 1.82) is 0 Å². The van der Waals surface area contributed by atoms with E-state index in [2.05, 4.69) is 5.32 Å². The van der Waals surface area contributed by atoms with Gasteiger partial charge in [0.1, 0.15) is 12.1 Å². The van der Waals surface area contributed by atoms with E-state index in [-0.39, 0.29) is 5.92 Å². The normalized spacial score (nSPS) is 15.1. The van der Waals surface area contributed by atoms with Crippen LogP contribution >= 0.6 is 0 Å². The van der Waals surface area contributed by atoms with Crippen LogP contribution in [0.5, 0.6) is 0 Å². The monoisotopic (exact) mass is 307 g/mol. The lowest BCUT2D eigenvalue weighted by molar-refractivity contribution is -0.134. The van der Waals surface area contributed by atoms with Crippen LogP contribution in [0.15, 0.2) is 30.3 Å². The van der Waals surface area contributed by atoms with Gasteiger partial charge in [0, 0.05) is 6.04 Å². The molecule has 0 spiro atoms. The summed E-state index contributed by atoms with van der Waals surface area (Å²) >= 11 is 0. The summed E-state index contributed by atoms with van der Waals surface area (Å²) in [7, 11) is 0. The second-order valence-corrected chi connectivity index (χ2v) is 5.89. The number of rotatable bonds is 8. The first kappa shape index (κ1) is 18.1. The van der Waals surface area contributed by atoms with E-state index in [0.29, 0.717) is 12.8 Å².